The van der Waals surface area contributed by atoms with Crippen LogP contribution in [0.1, 0.15) is 16.8 Å². The van der Waals surface area contributed by atoms with Crippen molar-refractivity contribution in [3.63, 3.8) is 0 Å². The van der Waals surface area contributed by atoms with Gasteiger partial charge in [-0.25, -0.2) is 13.2 Å². The first kappa shape index (κ1) is 16.0. The van der Waals surface area contributed by atoms with Gasteiger partial charge in [0.25, 0.3) is 5.91 Å². The summed E-state index contributed by atoms with van der Waals surface area (Å²) in [6.07, 6.45) is 0.338. The largest absolute Gasteiger partial charge is 0.340 e. The molecule has 2 aromatic rings. The molecule has 1 saturated heterocycles. The van der Waals surface area contributed by atoms with Crippen LogP contribution >= 0.6 is 0 Å². The van der Waals surface area contributed by atoms with Crippen molar-refractivity contribution in [1.29, 1.82) is 0 Å². The van der Waals surface area contributed by atoms with E-state index in [1.165, 1.54) is 29.2 Å². The van der Waals surface area contributed by atoms with Crippen LogP contribution in [0.4, 0.5) is 18.9 Å². The van der Waals surface area contributed by atoms with Crippen LogP contribution in [0, 0.1) is 17.5 Å². The zero-order valence-corrected chi connectivity index (χ0v) is 12.4. The predicted molar refractivity (Wildman–Crippen MR) is 81.0 cm³/mol. The van der Waals surface area contributed by atoms with E-state index in [9.17, 15) is 22.8 Å². The molecule has 1 aliphatic rings. The van der Waals surface area contributed by atoms with Crippen molar-refractivity contribution in [3.05, 3.63) is 65.5 Å². The fraction of sp³-hybridized carbons (Fsp3) is 0.176. The Labute approximate surface area is 135 Å². The lowest BCUT2D eigenvalue weighted by molar-refractivity contribution is -0.118. The highest BCUT2D eigenvalue weighted by molar-refractivity contribution is 6.03. The molecule has 2 amide bonds. The van der Waals surface area contributed by atoms with Gasteiger partial charge in [-0.2, -0.15) is 0 Å². The summed E-state index contributed by atoms with van der Waals surface area (Å²) in [4.78, 5) is 25.9. The van der Waals surface area contributed by atoms with E-state index in [-0.39, 0.29) is 11.5 Å². The minimum atomic E-state index is -0.992. The van der Waals surface area contributed by atoms with E-state index in [4.69, 9.17) is 0 Å². The number of halogens is 3. The Hall–Kier alpha value is -2.83. The summed E-state index contributed by atoms with van der Waals surface area (Å²) in [6, 6.07) is 7.21. The van der Waals surface area contributed by atoms with E-state index >= 15 is 0 Å². The molecule has 124 valence electrons. The number of hydrogen-bond acceptors (Lipinski definition) is 2. The van der Waals surface area contributed by atoms with Crippen LogP contribution in [-0.2, 0) is 4.79 Å². The molecule has 1 heterocycles. The van der Waals surface area contributed by atoms with E-state index in [1.54, 1.807) is 0 Å². The van der Waals surface area contributed by atoms with Crippen molar-refractivity contribution in [2.45, 2.75) is 12.5 Å². The van der Waals surface area contributed by atoms with Crippen molar-refractivity contribution in [3.8, 4) is 0 Å². The van der Waals surface area contributed by atoms with Gasteiger partial charge >= 0.3 is 0 Å². The quantitative estimate of drug-likeness (QED) is 0.938. The van der Waals surface area contributed by atoms with Crippen LogP contribution in [0.25, 0.3) is 0 Å². The van der Waals surface area contributed by atoms with Gasteiger partial charge in [-0.05, 0) is 42.8 Å². The summed E-state index contributed by atoms with van der Waals surface area (Å²) < 4.78 is 39.5. The van der Waals surface area contributed by atoms with Gasteiger partial charge < -0.3 is 10.2 Å². The number of benzene rings is 2. The second-order valence-electron chi connectivity index (χ2n) is 5.41. The highest BCUT2D eigenvalue weighted by Crippen LogP contribution is 2.22. The predicted octanol–water partition coefficient (Wildman–Crippen LogP) is 2.64. The fourth-order valence-electron chi connectivity index (χ4n) is 2.60. The van der Waals surface area contributed by atoms with Crippen molar-refractivity contribution >= 4 is 17.5 Å². The number of anilines is 1. The minimum Gasteiger partial charge on any atom is -0.340 e. The molecule has 1 N–H and O–H groups in total. The topological polar surface area (TPSA) is 49.4 Å². The number of amides is 2. The molecular weight excluding hydrogens is 321 g/mol. The van der Waals surface area contributed by atoms with Crippen molar-refractivity contribution in [2.24, 2.45) is 0 Å². The molecular formula is C17H13F3N2O2. The Bertz CT molecular complexity index is 793. The Balaban J connectivity index is 1.71. The second-order valence-corrected chi connectivity index (χ2v) is 5.41. The molecule has 4 nitrogen and oxygen atoms in total. The Morgan fingerprint density at radius 1 is 1.04 bits per heavy atom. The molecule has 1 atom stereocenters. The maximum Gasteiger partial charge on any atom is 0.254 e. The van der Waals surface area contributed by atoms with E-state index < -0.39 is 29.4 Å². The lowest BCUT2D eigenvalue weighted by atomic mass is 10.1. The minimum absolute atomic E-state index is 0.329. The van der Waals surface area contributed by atoms with Gasteiger partial charge in [-0.1, -0.05) is 0 Å². The summed E-state index contributed by atoms with van der Waals surface area (Å²) >= 11 is 0. The van der Waals surface area contributed by atoms with Gasteiger partial charge in [0, 0.05) is 18.3 Å². The van der Waals surface area contributed by atoms with Gasteiger partial charge in [0.15, 0.2) is 0 Å². The first-order valence-electron chi connectivity index (χ1n) is 7.28. The molecule has 1 fully saturated rings. The maximum absolute atomic E-state index is 13.6. The SMILES string of the molecule is O=C(N[C@H]1CCN(c2ccc(F)cc2)C1=O)c1ccc(F)cc1F. The van der Waals surface area contributed by atoms with E-state index in [0.29, 0.717) is 24.7 Å². The third kappa shape index (κ3) is 3.10. The second kappa shape index (κ2) is 6.35. The Morgan fingerprint density at radius 3 is 2.38 bits per heavy atom. The number of nitrogens with zero attached hydrogens (tertiary/aromatic N) is 1. The van der Waals surface area contributed by atoms with E-state index in [1.807, 2.05) is 0 Å². The molecule has 3 rings (SSSR count). The molecule has 0 aliphatic carbocycles. The number of carbonyl (C=O) groups is 2. The molecule has 7 heteroatoms. The van der Waals surface area contributed by atoms with Crippen LogP contribution in [0.5, 0.6) is 0 Å². The third-order valence-electron chi connectivity index (χ3n) is 3.82. The number of nitrogens with one attached hydrogen (secondary N) is 1. The monoisotopic (exact) mass is 334 g/mol. The Kier molecular flexibility index (Phi) is 4.24. The van der Waals surface area contributed by atoms with Crippen LogP contribution < -0.4 is 10.2 Å². The maximum atomic E-state index is 13.6. The van der Waals surface area contributed by atoms with Crippen molar-refractivity contribution in [2.75, 3.05) is 11.4 Å². The van der Waals surface area contributed by atoms with Gasteiger partial charge in [0.05, 0.1) is 5.56 Å². The summed E-state index contributed by atoms with van der Waals surface area (Å²) in [6.45, 7) is 0.349. The summed E-state index contributed by atoms with van der Waals surface area (Å²) in [5.41, 5.74) is 0.190. The average molecular weight is 334 g/mol. The number of hydrogen-bond donors (Lipinski definition) is 1. The lowest BCUT2D eigenvalue weighted by Crippen LogP contribution is -2.41. The molecule has 0 radical (unpaired) electrons. The molecule has 0 unspecified atom stereocenters. The van der Waals surface area contributed by atoms with E-state index in [0.717, 1.165) is 12.1 Å². The number of rotatable bonds is 3. The van der Waals surface area contributed by atoms with Crippen molar-refractivity contribution in [1.82, 2.24) is 5.32 Å². The standard InChI is InChI=1S/C17H13F3N2O2/c18-10-1-4-12(5-2-10)22-8-7-15(17(22)24)21-16(23)13-6-3-11(19)9-14(13)20/h1-6,9,15H,7-8H2,(H,21,23)/t15-/m0/s1. The van der Waals surface area contributed by atoms with E-state index in [2.05, 4.69) is 5.32 Å². The smallest absolute Gasteiger partial charge is 0.254 e. The van der Waals surface area contributed by atoms with Gasteiger partial charge in [0.2, 0.25) is 5.91 Å². The lowest BCUT2D eigenvalue weighted by Gasteiger charge is -2.17. The highest BCUT2D eigenvalue weighted by Gasteiger charge is 2.34. The molecule has 0 saturated carbocycles. The molecule has 2 aromatic carbocycles. The van der Waals surface area contributed by atoms with Crippen LogP contribution in [-0.4, -0.2) is 24.4 Å². The normalized spacial score (nSPS) is 17.2. The highest BCUT2D eigenvalue weighted by atomic mass is 19.1. The summed E-state index contributed by atoms with van der Waals surface area (Å²) in [5.74, 6) is -3.34. The zero-order chi connectivity index (χ0) is 17.3. The first-order chi connectivity index (χ1) is 11.5. The molecule has 0 spiro atoms. The molecule has 24 heavy (non-hydrogen) atoms. The fourth-order valence-corrected chi connectivity index (χ4v) is 2.60. The van der Waals surface area contributed by atoms with Gasteiger partial charge in [-0.3, -0.25) is 9.59 Å². The molecule has 1 aliphatic heterocycles. The van der Waals surface area contributed by atoms with Crippen LogP contribution in [0.15, 0.2) is 42.5 Å². The molecule has 0 aromatic heterocycles. The number of carbonyl (C=O) groups excluding carboxylic acids is 2. The zero-order valence-electron chi connectivity index (χ0n) is 12.4. The van der Waals surface area contributed by atoms with Gasteiger partial charge in [0.1, 0.15) is 23.5 Å². The molecule has 0 bridgehead atoms. The average Bonchev–Trinajstić information content (AvgIpc) is 2.89. The summed E-state index contributed by atoms with van der Waals surface area (Å²) in [5, 5.41) is 2.45. The Morgan fingerprint density at radius 2 is 1.71 bits per heavy atom. The third-order valence-corrected chi connectivity index (χ3v) is 3.82. The van der Waals surface area contributed by atoms with Gasteiger partial charge in [-0.15, -0.1) is 0 Å². The van der Waals surface area contributed by atoms with Crippen molar-refractivity contribution < 1.29 is 22.8 Å². The summed E-state index contributed by atoms with van der Waals surface area (Å²) in [7, 11) is 0. The van der Waals surface area contributed by atoms with Crippen LogP contribution in [0.2, 0.25) is 0 Å². The van der Waals surface area contributed by atoms with Crippen LogP contribution in [0.3, 0.4) is 0 Å². The first-order valence-corrected chi connectivity index (χ1v) is 7.28.